The lowest BCUT2D eigenvalue weighted by atomic mass is 9.95. The summed E-state index contributed by atoms with van der Waals surface area (Å²) in [5.74, 6) is 1.47. The van der Waals surface area contributed by atoms with E-state index in [0.29, 0.717) is 18.9 Å². The van der Waals surface area contributed by atoms with Crippen molar-refractivity contribution in [2.45, 2.75) is 38.1 Å². The van der Waals surface area contributed by atoms with Crippen LogP contribution in [0.25, 0.3) is 0 Å². The molecular weight excluding hydrogens is 288 g/mol. The Labute approximate surface area is 132 Å². The van der Waals surface area contributed by atoms with Crippen LogP contribution in [-0.4, -0.2) is 25.1 Å². The molecule has 118 valence electrons. The zero-order chi connectivity index (χ0) is 14.6. The van der Waals surface area contributed by atoms with Gasteiger partial charge in [-0.25, -0.2) is 0 Å². The molecule has 1 unspecified atom stereocenters. The Morgan fingerprint density at radius 2 is 2.00 bits per heavy atom. The molecule has 2 rings (SSSR count). The summed E-state index contributed by atoms with van der Waals surface area (Å²) in [6.45, 7) is 2.56. The van der Waals surface area contributed by atoms with Gasteiger partial charge in [-0.2, -0.15) is 0 Å². The van der Waals surface area contributed by atoms with Crippen LogP contribution in [0.1, 0.15) is 31.7 Å². The second-order valence-electron chi connectivity index (χ2n) is 5.79. The van der Waals surface area contributed by atoms with E-state index in [9.17, 15) is 4.79 Å². The van der Waals surface area contributed by atoms with Gasteiger partial charge in [0.05, 0.1) is 12.6 Å². The zero-order valence-corrected chi connectivity index (χ0v) is 13.5. The lowest BCUT2D eigenvalue weighted by Gasteiger charge is -2.29. The minimum Gasteiger partial charge on any atom is -0.497 e. The van der Waals surface area contributed by atoms with Crippen molar-refractivity contribution < 1.29 is 9.53 Å². The molecule has 1 fully saturated rings. The van der Waals surface area contributed by atoms with Gasteiger partial charge in [0, 0.05) is 13.0 Å². The van der Waals surface area contributed by atoms with Crippen LogP contribution in [0.5, 0.6) is 5.75 Å². The highest BCUT2D eigenvalue weighted by Crippen LogP contribution is 2.38. The van der Waals surface area contributed by atoms with Gasteiger partial charge in [-0.1, -0.05) is 12.1 Å². The van der Waals surface area contributed by atoms with Crippen LogP contribution in [0.3, 0.4) is 0 Å². The second-order valence-corrected chi connectivity index (χ2v) is 5.79. The fourth-order valence-electron chi connectivity index (χ4n) is 2.47. The third kappa shape index (κ3) is 4.90. The molecule has 1 amide bonds. The molecule has 0 radical (unpaired) electrons. The molecule has 0 bridgehead atoms. The highest BCUT2D eigenvalue weighted by atomic mass is 35.5. The van der Waals surface area contributed by atoms with Gasteiger partial charge in [-0.05, 0) is 49.8 Å². The first kappa shape index (κ1) is 17.8. The zero-order valence-electron chi connectivity index (χ0n) is 12.7. The summed E-state index contributed by atoms with van der Waals surface area (Å²) >= 11 is 0. The van der Waals surface area contributed by atoms with Crippen molar-refractivity contribution in [2.75, 3.05) is 13.7 Å². The number of carbonyl (C=O) groups is 1. The van der Waals surface area contributed by atoms with Gasteiger partial charge in [-0.3, -0.25) is 4.79 Å². The normalized spacial score (nSPS) is 16.5. The average Bonchev–Trinajstić information content (AvgIpc) is 3.30. The summed E-state index contributed by atoms with van der Waals surface area (Å²) in [5.41, 5.74) is 6.72. The number of halogens is 1. The number of benzene rings is 1. The van der Waals surface area contributed by atoms with E-state index >= 15 is 0 Å². The lowest BCUT2D eigenvalue weighted by molar-refractivity contribution is -0.123. The quantitative estimate of drug-likeness (QED) is 0.812. The van der Waals surface area contributed by atoms with E-state index in [1.54, 1.807) is 7.11 Å². The Kier molecular flexibility index (Phi) is 6.49. The van der Waals surface area contributed by atoms with Gasteiger partial charge >= 0.3 is 0 Å². The SMILES string of the molecule is COc1ccc(CCC(=O)NC(C)(CN)C2CC2)cc1.Cl. The summed E-state index contributed by atoms with van der Waals surface area (Å²) in [6.07, 6.45) is 3.58. The smallest absolute Gasteiger partial charge is 0.220 e. The van der Waals surface area contributed by atoms with Gasteiger partial charge < -0.3 is 15.8 Å². The molecule has 1 aliphatic rings. The highest BCUT2D eigenvalue weighted by Gasteiger charge is 2.41. The van der Waals surface area contributed by atoms with Gasteiger partial charge in [0.2, 0.25) is 5.91 Å². The Morgan fingerprint density at radius 1 is 1.38 bits per heavy atom. The highest BCUT2D eigenvalue weighted by molar-refractivity contribution is 5.85. The van der Waals surface area contributed by atoms with Crippen molar-refractivity contribution in [3.8, 4) is 5.75 Å². The van der Waals surface area contributed by atoms with Crippen LogP contribution in [0.4, 0.5) is 0 Å². The summed E-state index contributed by atoms with van der Waals surface area (Å²) in [6, 6.07) is 7.83. The van der Waals surface area contributed by atoms with Crippen molar-refractivity contribution in [1.82, 2.24) is 5.32 Å². The molecule has 5 heteroatoms. The van der Waals surface area contributed by atoms with Gasteiger partial charge in [-0.15, -0.1) is 12.4 Å². The number of aryl methyl sites for hydroxylation is 1. The number of hydrogen-bond donors (Lipinski definition) is 2. The summed E-state index contributed by atoms with van der Waals surface area (Å²) in [4.78, 5) is 12.1. The van der Waals surface area contributed by atoms with Crippen LogP contribution in [0.15, 0.2) is 24.3 Å². The molecule has 1 atom stereocenters. The topological polar surface area (TPSA) is 64.3 Å². The van der Waals surface area contributed by atoms with Crippen LogP contribution >= 0.6 is 12.4 Å². The molecule has 0 saturated heterocycles. The summed E-state index contributed by atoms with van der Waals surface area (Å²) in [7, 11) is 1.65. The van der Waals surface area contributed by atoms with Crippen molar-refractivity contribution in [1.29, 1.82) is 0 Å². The molecule has 3 N–H and O–H groups in total. The van der Waals surface area contributed by atoms with E-state index < -0.39 is 0 Å². The number of ether oxygens (including phenoxy) is 1. The molecule has 4 nitrogen and oxygen atoms in total. The van der Waals surface area contributed by atoms with Crippen molar-refractivity contribution in [2.24, 2.45) is 11.7 Å². The maximum Gasteiger partial charge on any atom is 0.220 e. The molecule has 0 aliphatic heterocycles. The first-order valence-electron chi connectivity index (χ1n) is 7.21. The molecule has 21 heavy (non-hydrogen) atoms. The van der Waals surface area contributed by atoms with E-state index in [0.717, 1.165) is 17.7 Å². The third-order valence-electron chi connectivity index (χ3n) is 4.13. The van der Waals surface area contributed by atoms with Gasteiger partial charge in [0.1, 0.15) is 5.75 Å². The Hall–Kier alpha value is -1.26. The molecule has 0 aromatic heterocycles. The summed E-state index contributed by atoms with van der Waals surface area (Å²) < 4.78 is 5.12. The van der Waals surface area contributed by atoms with Crippen LogP contribution in [0, 0.1) is 5.92 Å². The minimum absolute atomic E-state index is 0. The molecule has 1 aromatic rings. The number of carbonyl (C=O) groups excluding carboxylic acids is 1. The Balaban J connectivity index is 0.00000220. The first-order chi connectivity index (χ1) is 9.57. The molecule has 1 aliphatic carbocycles. The van der Waals surface area contributed by atoms with Gasteiger partial charge in [0.25, 0.3) is 0 Å². The van der Waals surface area contributed by atoms with Crippen LogP contribution in [-0.2, 0) is 11.2 Å². The van der Waals surface area contributed by atoms with E-state index in [4.69, 9.17) is 10.5 Å². The summed E-state index contributed by atoms with van der Waals surface area (Å²) in [5, 5.41) is 3.11. The predicted octanol–water partition coefficient (Wildman–Crippen LogP) is 2.29. The number of nitrogens with one attached hydrogen (secondary N) is 1. The number of nitrogens with two attached hydrogens (primary N) is 1. The average molecular weight is 313 g/mol. The Bertz CT molecular complexity index is 460. The fraction of sp³-hybridized carbons (Fsp3) is 0.562. The fourth-order valence-corrected chi connectivity index (χ4v) is 2.47. The monoisotopic (exact) mass is 312 g/mol. The van der Waals surface area contributed by atoms with Crippen molar-refractivity contribution in [3.05, 3.63) is 29.8 Å². The number of rotatable bonds is 7. The molecule has 0 spiro atoms. The third-order valence-corrected chi connectivity index (χ3v) is 4.13. The molecule has 1 saturated carbocycles. The Morgan fingerprint density at radius 3 is 2.48 bits per heavy atom. The maximum atomic E-state index is 12.1. The number of amides is 1. The number of hydrogen-bond acceptors (Lipinski definition) is 3. The molecule has 1 aromatic carbocycles. The minimum atomic E-state index is -0.225. The van der Waals surface area contributed by atoms with Crippen molar-refractivity contribution in [3.63, 3.8) is 0 Å². The largest absolute Gasteiger partial charge is 0.497 e. The lowest BCUT2D eigenvalue weighted by Crippen LogP contribution is -2.53. The van der Waals surface area contributed by atoms with E-state index in [1.807, 2.05) is 24.3 Å². The predicted molar refractivity (Wildman–Crippen MR) is 86.9 cm³/mol. The maximum absolute atomic E-state index is 12.1. The van der Waals surface area contributed by atoms with Crippen LogP contribution in [0.2, 0.25) is 0 Å². The first-order valence-corrected chi connectivity index (χ1v) is 7.21. The number of methoxy groups -OCH3 is 1. The standard InChI is InChI=1S/C16H24N2O2.ClH/c1-16(11-17,13-6-7-13)18-15(19)10-5-12-3-8-14(20-2)9-4-12;/h3-4,8-9,13H,5-7,10-11,17H2,1-2H3,(H,18,19);1H. The van der Waals surface area contributed by atoms with E-state index in [2.05, 4.69) is 12.2 Å². The second kappa shape index (κ2) is 7.66. The van der Waals surface area contributed by atoms with Gasteiger partial charge in [0.15, 0.2) is 0 Å². The molecular formula is C16H25ClN2O2. The van der Waals surface area contributed by atoms with Crippen LogP contribution < -0.4 is 15.8 Å². The molecule has 0 heterocycles. The van der Waals surface area contributed by atoms with Crippen molar-refractivity contribution >= 4 is 18.3 Å². The van der Waals surface area contributed by atoms with E-state index in [1.165, 1.54) is 12.8 Å². The van der Waals surface area contributed by atoms with E-state index in [-0.39, 0.29) is 23.9 Å².